The summed E-state index contributed by atoms with van der Waals surface area (Å²) in [4.78, 5) is 4.49. The van der Waals surface area contributed by atoms with Gasteiger partial charge in [-0.05, 0) is 63.2 Å². The lowest BCUT2D eigenvalue weighted by Gasteiger charge is -2.09. The lowest BCUT2D eigenvalue weighted by molar-refractivity contribution is 0.475. The Labute approximate surface area is 136 Å². The Morgan fingerprint density at radius 2 is 1.57 bits per heavy atom. The average molecular weight is 304 g/mol. The predicted molar refractivity (Wildman–Crippen MR) is 95.3 cm³/mol. The van der Waals surface area contributed by atoms with Gasteiger partial charge in [-0.2, -0.15) is 0 Å². The Bertz CT molecular complexity index is 841. The van der Waals surface area contributed by atoms with Gasteiger partial charge in [0.25, 0.3) is 0 Å². The number of hydrogen-bond donors (Lipinski definition) is 1. The molecule has 3 heteroatoms. The second kappa shape index (κ2) is 6.13. The van der Waals surface area contributed by atoms with Gasteiger partial charge in [0.1, 0.15) is 5.75 Å². The monoisotopic (exact) mass is 304 g/mol. The lowest BCUT2D eigenvalue weighted by atomic mass is 10.2. The highest BCUT2D eigenvalue weighted by Crippen LogP contribution is 2.21. The number of aryl methyl sites for hydroxylation is 2. The highest BCUT2D eigenvalue weighted by atomic mass is 16.3. The van der Waals surface area contributed by atoms with Gasteiger partial charge in [0, 0.05) is 28.9 Å². The lowest BCUT2D eigenvalue weighted by Crippen LogP contribution is -1.99. The van der Waals surface area contributed by atoms with Crippen LogP contribution in [-0.2, 0) is 0 Å². The number of phenolic OH excluding ortho intramolecular Hbond substituents is 1. The molecule has 116 valence electrons. The van der Waals surface area contributed by atoms with Crippen molar-refractivity contribution in [3.63, 3.8) is 0 Å². The Morgan fingerprint density at radius 3 is 2.22 bits per heavy atom. The van der Waals surface area contributed by atoms with Crippen molar-refractivity contribution in [2.45, 2.75) is 20.8 Å². The van der Waals surface area contributed by atoms with Crippen molar-refractivity contribution in [2.24, 2.45) is 4.99 Å². The predicted octanol–water partition coefficient (Wildman–Crippen LogP) is 4.86. The molecule has 0 fully saturated rings. The van der Waals surface area contributed by atoms with E-state index in [-0.39, 0.29) is 5.75 Å². The van der Waals surface area contributed by atoms with Crippen LogP contribution in [0.5, 0.6) is 5.75 Å². The van der Waals surface area contributed by atoms with Crippen molar-refractivity contribution in [1.29, 1.82) is 0 Å². The third-order valence-corrected chi connectivity index (χ3v) is 3.96. The molecule has 2 aromatic carbocycles. The molecule has 23 heavy (non-hydrogen) atoms. The summed E-state index contributed by atoms with van der Waals surface area (Å²) in [6, 6.07) is 17.5. The molecule has 0 saturated heterocycles. The van der Waals surface area contributed by atoms with Crippen LogP contribution in [0.2, 0.25) is 0 Å². The zero-order chi connectivity index (χ0) is 16.4. The third kappa shape index (κ3) is 3.19. The minimum absolute atomic E-state index is 0.251. The van der Waals surface area contributed by atoms with E-state index in [4.69, 9.17) is 0 Å². The van der Waals surface area contributed by atoms with E-state index in [2.05, 4.69) is 60.7 Å². The fourth-order valence-corrected chi connectivity index (χ4v) is 2.69. The summed E-state index contributed by atoms with van der Waals surface area (Å²) >= 11 is 0. The highest BCUT2D eigenvalue weighted by molar-refractivity contribution is 5.84. The molecule has 0 spiro atoms. The van der Waals surface area contributed by atoms with Gasteiger partial charge >= 0.3 is 0 Å². The van der Waals surface area contributed by atoms with Crippen LogP contribution in [-0.4, -0.2) is 15.9 Å². The van der Waals surface area contributed by atoms with Crippen LogP contribution in [0.1, 0.15) is 22.5 Å². The van der Waals surface area contributed by atoms with Crippen molar-refractivity contribution in [2.75, 3.05) is 0 Å². The summed E-state index contributed by atoms with van der Waals surface area (Å²) in [6.07, 6.45) is 1.87. The average Bonchev–Trinajstić information content (AvgIpc) is 2.82. The van der Waals surface area contributed by atoms with Crippen LogP contribution in [0.25, 0.3) is 5.69 Å². The molecule has 0 atom stereocenters. The molecular weight excluding hydrogens is 284 g/mol. The number of nitrogens with zero attached hydrogens (tertiary/aromatic N) is 2. The maximum absolute atomic E-state index is 9.32. The van der Waals surface area contributed by atoms with Crippen molar-refractivity contribution < 1.29 is 5.11 Å². The molecule has 0 unspecified atom stereocenters. The fourth-order valence-electron chi connectivity index (χ4n) is 2.69. The smallest absolute Gasteiger partial charge is 0.115 e. The van der Waals surface area contributed by atoms with Gasteiger partial charge in [0.2, 0.25) is 0 Å². The maximum Gasteiger partial charge on any atom is 0.115 e. The number of hydrogen-bond acceptors (Lipinski definition) is 2. The standard InChI is InChI=1S/C20H20N2O/c1-14-4-8-19(9-5-14)22-15(2)12-17(16(22)3)13-21-18-6-10-20(23)11-7-18/h4-13,23H,1-3H3. The summed E-state index contributed by atoms with van der Waals surface area (Å²) in [5.41, 5.74) is 6.67. The van der Waals surface area contributed by atoms with Crippen LogP contribution in [0.3, 0.4) is 0 Å². The van der Waals surface area contributed by atoms with E-state index < -0.39 is 0 Å². The number of phenols is 1. The Hall–Kier alpha value is -2.81. The van der Waals surface area contributed by atoms with Crippen molar-refractivity contribution in [1.82, 2.24) is 4.57 Å². The first-order chi connectivity index (χ1) is 11.0. The minimum Gasteiger partial charge on any atom is -0.508 e. The van der Waals surface area contributed by atoms with Gasteiger partial charge in [-0.3, -0.25) is 4.99 Å². The van der Waals surface area contributed by atoms with Crippen molar-refractivity contribution in [3.05, 3.63) is 77.1 Å². The molecule has 1 N–H and O–H groups in total. The second-order valence-corrected chi connectivity index (χ2v) is 5.77. The molecule has 0 aliphatic carbocycles. The quantitative estimate of drug-likeness (QED) is 0.689. The number of benzene rings is 2. The number of aromatic nitrogens is 1. The topological polar surface area (TPSA) is 37.5 Å². The highest BCUT2D eigenvalue weighted by Gasteiger charge is 2.09. The first-order valence-corrected chi connectivity index (χ1v) is 7.63. The molecule has 0 saturated carbocycles. The number of aromatic hydroxyl groups is 1. The first kappa shape index (κ1) is 15.1. The van der Waals surface area contributed by atoms with E-state index in [9.17, 15) is 5.11 Å². The van der Waals surface area contributed by atoms with Crippen molar-refractivity contribution in [3.8, 4) is 11.4 Å². The zero-order valence-corrected chi connectivity index (χ0v) is 13.6. The van der Waals surface area contributed by atoms with Gasteiger partial charge in [0.15, 0.2) is 0 Å². The Kier molecular flexibility index (Phi) is 4.02. The molecule has 0 amide bonds. The molecule has 0 aliphatic heterocycles. The molecule has 3 aromatic rings. The first-order valence-electron chi connectivity index (χ1n) is 7.63. The van der Waals surface area contributed by atoms with Gasteiger partial charge < -0.3 is 9.67 Å². The van der Waals surface area contributed by atoms with Crippen LogP contribution < -0.4 is 0 Å². The molecular formula is C20H20N2O. The van der Waals surface area contributed by atoms with Gasteiger partial charge in [-0.1, -0.05) is 17.7 Å². The van der Waals surface area contributed by atoms with Crippen LogP contribution in [0.15, 0.2) is 59.6 Å². The van der Waals surface area contributed by atoms with E-state index >= 15 is 0 Å². The molecule has 1 heterocycles. The molecule has 3 nitrogen and oxygen atoms in total. The van der Waals surface area contributed by atoms with E-state index in [0.29, 0.717) is 0 Å². The molecule has 0 radical (unpaired) electrons. The van der Waals surface area contributed by atoms with E-state index in [0.717, 1.165) is 22.6 Å². The normalized spacial score (nSPS) is 11.3. The van der Waals surface area contributed by atoms with E-state index in [1.54, 1.807) is 24.3 Å². The SMILES string of the molecule is Cc1ccc(-n2c(C)cc(C=Nc3ccc(O)cc3)c2C)cc1. The summed E-state index contributed by atoms with van der Waals surface area (Å²) < 4.78 is 2.23. The summed E-state index contributed by atoms with van der Waals surface area (Å²) in [7, 11) is 0. The Morgan fingerprint density at radius 1 is 0.913 bits per heavy atom. The Balaban J connectivity index is 1.94. The summed E-state index contributed by atoms with van der Waals surface area (Å²) in [5, 5.41) is 9.32. The second-order valence-electron chi connectivity index (χ2n) is 5.77. The summed E-state index contributed by atoms with van der Waals surface area (Å²) in [5.74, 6) is 0.251. The largest absolute Gasteiger partial charge is 0.508 e. The summed E-state index contributed by atoms with van der Waals surface area (Å²) in [6.45, 7) is 6.30. The molecule has 1 aromatic heterocycles. The molecule has 0 bridgehead atoms. The van der Waals surface area contributed by atoms with E-state index in [1.807, 2.05) is 6.21 Å². The molecule has 0 aliphatic rings. The third-order valence-electron chi connectivity index (χ3n) is 3.96. The van der Waals surface area contributed by atoms with Gasteiger partial charge in [-0.25, -0.2) is 0 Å². The van der Waals surface area contributed by atoms with E-state index in [1.165, 1.54) is 11.3 Å². The zero-order valence-electron chi connectivity index (χ0n) is 13.6. The number of rotatable bonds is 3. The van der Waals surface area contributed by atoms with Crippen LogP contribution in [0, 0.1) is 20.8 Å². The van der Waals surface area contributed by atoms with Crippen molar-refractivity contribution >= 4 is 11.9 Å². The number of aliphatic imine (C=N–C) groups is 1. The van der Waals surface area contributed by atoms with Crippen LogP contribution in [0.4, 0.5) is 5.69 Å². The van der Waals surface area contributed by atoms with Gasteiger partial charge in [0.05, 0.1) is 5.69 Å². The fraction of sp³-hybridized carbons (Fsp3) is 0.150. The van der Waals surface area contributed by atoms with Gasteiger partial charge in [-0.15, -0.1) is 0 Å². The minimum atomic E-state index is 0.251. The molecule has 3 rings (SSSR count). The van der Waals surface area contributed by atoms with Crippen LogP contribution >= 0.6 is 0 Å². The maximum atomic E-state index is 9.32.